The molecule has 0 saturated carbocycles. The predicted octanol–water partition coefficient (Wildman–Crippen LogP) is 0.856. The molecular formula is C13H21N3O3S. The fourth-order valence-corrected chi connectivity index (χ4v) is 2.32. The second-order valence-corrected chi connectivity index (χ2v) is 7.35. The minimum absolute atomic E-state index is 0.0867. The van der Waals surface area contributed by atoms with Gasteiger partial charge in [-0.05, 0) is 32.0 Å². The Hall–Kier alpha value is -1.76. The van der Waals surface area contributed by atoms with Crippen molar-refractivity contribution in [3.63, 3.8) is 0 Å². The van der Waals surface area contributed by atoms with E-state index in [0.29, 0.717) is 17.9 Å². The van der Waals surface area contributed by atoms with Crippen molar-refractivity contribution in [2.45, 2.75) is 18.7 Å². The molecule has 112 valence electrons. The summed E-state index contributed by atoms with van der Waals surface area (Å²) in [6.45, 7) is 3.99. The summed E-state index contributed by atoms with van der Waals surface area (Å²) in [5.41, 5.74) is 6.17. The Morgan fingerprint density at radius 1 is 1.35 bits per heavy atom. The van der Waals surface area contributed by atoms with E-state index < -0.39 is 15.3 Å². The van der Waals surface area contributed by atoms with Gasteiger partial charge in [0.25, 0.3) is 0 Å². The summed E-state index contributed by atoms with van der Waals surface area (Å²) in [7, 11) is -1.69. The van der Waals surface area contributed by atoms with E-state index >= 15 is 0 Å². The summed E-state index contributed by atoms with van der Waals surface area (Å²) in [4.78, 5) is 11.8. The number of carbonyl (C=O) groups is 1. The molecule has 0 heterocycles. The molecule has 0 bridgehead atoms. The molecule has 0 spiro atoms. The Kier molecular flexibility index (Phi) is 4.65. The number of nitrogens with one attached hydrogen (secondary N) is 2. The summed E-state index contributed by atoms with van der Waals surface area (Å²) in [6, 6.07) is 4.50. The minimum Gasteiger partial charge on any atom is -0.397 e. The molecule has 0 aliphatic carbocycles. The molecule has 1 aromatic rings. The molecule has 0 aliphatic heterocycles. The van der Waals surface area contributed by atoms with Crippen LogP contribution in [-0.4, -0.2) is 34.2 Å². The molecular weight excluding hydrogens is 278 g/mol. The quantitative estimate of drug-likeness (QED) is 0.700. The summed E-state index contributed by atoms with van der Waals surface area (Å²) in [5.74, 6) is -0.0867. The first-order valence-corrected chi connectivity index (χ1v) is 8.03. The third-order valence-corrected chi connectivity index (χ3v) is 4.12. The number of sulfone groups is 1. The van der Waals surface area contributed by atoms with Crippen LogP contribution in [0.2, 0.25) is 0 Å². The zero-order valence-corrected chi connectivity index (χ0v) is 13.0. The molecule has 20 heavy (non-hydrogen) atoms. The van der Waals surface area contributed by atoms with E-state index in [9.17, 15) is 13.2 Å². The van der Waals surface area contributed by atoms with E-state index in [1.165, 1.54) is 12.1 Å². The topological polar surface area (TPSA) is 101 Å². The molecule has 0 unspecified atom stereocenters. The monoisotopic (exact) mass is 299 g/mol. The number of hydrogen-bond donors (Lipinski definition) is 3. The van der Waals surface area contributed by atoms with Crippen molar-refractivity contribution in [2.24, 2.45) is 5.41 Å². The van der Waals surface area contributed by atoms with Crippen LogP contribution in [0.15, 0.2) is 23.1 Å². The molecule has 7 heteroatoms. The van der Waals surface area contributed by atoms with Gasteiger partial charge in [-0.3, -0.25) is 4.79 Å². The lowest BCUT2D eigenvalue weighted by molar-refractivity contribution is -0.128. The highest BCUT2D eigenvalue weighted by molar-refractivity contribution is 7.90. The number of amides is 1. The van der Waals surface area contributed by atoms with Gasteiger partial charge in [-0.25, -0.2) is 8.42 Å². The van der Waals surface area contributed by atoms with Gasteiger partial charge in [0.1, 0.15) is 0 Å². The Morgan fingerprint density at radius 3 is 2.40 bits per heavy atom. The van der Waals surface area contributed by atoms with Crippen LogP contribution in [0.3, 0.4) is 0 Å². The normalized spacial score (nSPS) is 12.0. The zero-order valence-electron chi connectivity index (χ0n) is 12.1. The maximum absolute atomic E-state index is 11.7. The van der Waals surface area contributed by atoms with Crippen LogP contribution in [0.25, 0.3) is 0 Å². The van der Waals surface area contributed by atoms with Gasteiger partial charge in [0.05, 0.1) is 21.7 Å². The molecule has 1 aromatic carbocycles. The van der Waals surface area contributed by atoms with Crippen LogP contribution < -0.4 is 16.4 Å². The van der Waals surface area contributed by atoms with Gasteiger partial charge in [0.15, 0.2) is 9.84 Å². The highest BCUT2D eigenvalue weighted by Crippen LogP contribution is 2.24. The van der Waals surface area contributed by atoms with E-state index in [0.717, 1.165) is 6.26 Å². The van der Waals surface area contributed by atoms with E-state index in [-0.39, 0.29) is 10.8 Å². The minimum atomic E-state index is -3.27. The second-order valence-electron chi connectivity index (χ2n) is 5.34. The highest BCUT2D eigenvalue weighted by atomic mass is 32.2. The summed E-state index contributed by atoms with van der Waals surface area (Å²) in [5, 5.41) is 5.66. The van der Waals surface area contributed by atoms with Gasteiger partial charge in [0, 0.05) is 19.8 Å². The fourth-order valence-electron chi connectivity index (χ4n) is 1.67. The zero-order chi connectivity index (χ0) is 15.6. The van der Waals surface area contributed by atoms with Crippen molar-refractivity contribution in [3.05, 3.63) is 18.2 Å². The van der Waals surface area contributed by atoms with Gasteiger partial charge >= 0.3 is 0 Å². The number of benzene rings is 1. The highest BCUT2D eigenvalue weighted by Gasteiger charge is 2.26. The van der Waals surface area contributed by atoms with Gasteiger partial charge < -0.3 is 16.4 Å². The third kappa shape index (κ3) is 3.86. The van der Waals surface area contributed by atoms with E-state index in [2.05, 4.69) is 10.6 Å². The number of rotatable bonds is 5. The average Bonchev–Trinajstić information content (AvgIpc) is 2.35. The summed E-state index contributed by atoms with van der Waals surface area (Å²) < 4.78 is 22.8. The average molecular weight is 299 g/mol. The van der Waals surface area contributed by atoms with Gasteiger partial charge in [0.2, 0.25) is 5.91 Å². The Labute approximate surface area is 119 Å². The van der Waals surface area contributed by atoms with Crippen molar-refractivity contribution in [3.8, 4) is 0 Å². The molecule has 1 rings (SSSR count). The van der Waals surface area contributed by atoms with Crippen molar-refractivity contribution in [1.29, 1.82) is 0 Å². The van der Waals surface area contributed by atoms with Crippen LogP contribution in [-0.2, 0) is 14.6 Å². The molecule has 4 N–H and O–H groups in total. The SMILES string of the molecule is CNC(=O)C(C)(C)CNc1ccc(S(C)(=O)=O)cc1N. The lowest BCUT2D eigenvalue weighted by Crippen LogP contribution is -2.39. The molecule has 0 radical (unpaired) electrons. The van der Waals surface area contributed by atoms with Crippen LogP contribution in [0, 0.1) is 5.41 Å². The van der Waals surface area contributed by atoms with Gasteiger partial charge in [-0.2, -0.15) is 0 Å². The van der Waals surface area contributed by atoms with E-state index in [1.807, 2.05) is 0 Å². The van der Waals surface area contributed by atoms with Crippen molar-refractivity contribution >= 4 is 27.1 Å². The Balaban J connectivity index is 2.88. The molecule has 0 fully saturated rings. The number of carbonyl (C=O) groups excluding carboxylic acids is 1. The van der Waals surface area contributed by atoms with Gasteiger partial charge in [-0.15, -0.1) is 0 Å². The first-order chi connectivity index (χ1) is 9.08. The first-order valence-electron chi connectivity index (χ1n) is 6.13. The fraction of sp³-hybridized carbons (Fsp3) is 0.462. The Bertz CT molecular complexity index is 609. The van der Waals surface area contributed by atoms with Crippen molar-refractivity contribution < 1.29 is 13.2 Å². The van der Waals surface area contributed by atoms with Gasteiger partial charge in [-0.1, -0.05) is 0 Å². The second kappa shape index (κ2) is 5.70. The molecule has 0 aromatic heterocycles. The lowest BCUT2D eigenvalue weighted by atomic mass is 9.92. The summed E-state index contributed by atoms with van der Waals surface area (Å²) >= 11 is 0. The van der Waals surface area contributed by atoms with Crippen LogP contribution in [0.5, 0.6) is 0 Å². The standard InChI is InChI=1S/C13H21N3O3S/c1-13(2,12(17)15-3)8-16-11-6-5-9(7-10(11)14)20(4,18)19/h5-7,16H,8,14H2,1-4H3,(H,15,17). The Morgan fingerprint density at radius 2 is 1.95 bits per heavy atom. The molecule has 0 atom stereocenters. The van der Waals surface area contributed by atoms with Crippen molar-refractivity contribution in [1.82, 2.24) is 5.32 Å². The molecule has 0 aliphatic rings. The largest absolute Gasteiger partial charge is 0.397 e. The number of hydrogen-bond acceptors (Lipinski definition) is 5. The van der Waals surface area contributed by atoms with E-state index in [1.54, 1.807) is 27.0 Å². The van der Waals surface area contributed by atoms with Crippen molar-refractivity contribution in [2.75, 3.05) is 30.9 Å². The first kappa shape index (κ1) is 16.3. The number of anilines is 2. The third-order valence-electron chi connectivity index (χ3n) is 3.01. The summed E-state index contributed by atoms with van der Waals surface area (Å²) in [6.07, 6.45) is 1.13. The molecule has 0 saturated heterocycles. The molecule has 1 amide bonds. The maximum atomic E-state index is 11.7. The smallest absolute Gasteiger partial charge is 0.227 e. The number of nitrogens with two attached hydrogens (primary N) is 1. The molecule has 6 nitrogen and oxygen atoms in total. The predicted molar refractivity (Wildman–Crippen MR) is 80.3 cm³/mol. The maximum Gasteiger partial charge on any atom is 0.227 e. The van der Waals surface area contributed by atoms with Crippen LogP contribution in [0.1, 0.15) is 13.8 Å². The number of nitrogen functional groups attached to an aromatic ring is 1. The lowest BCUT2D eigenvalue weighted by Gasteiger charge is -2.24. The van der Waals surface area contributed by atoms with Crippen LogP contribution in [0.4, 0.5) is 11.4 Å². The van der Waals surface area contributed by atoms with Crippen LogP contribution >= 0.6 is 0 Å². The van der Waals surface area contributed by atoms with E-state index in [4.69, 9.17) is 5.73 Å².